The van der Waals surface area contributed by atoms with E-state index in [-0.39, 0.29) is 6.61 Å². The summed E-state index contributed by atoms with van der Waals surface area (Å²) in [5.74, 6) is 1.97. The Kier molecular flexibility index (Phi) is 9.11. The van der Waals surface area contributed by atoms with E-state index in [1.165, 1.54) is 6.21 Å². The maximum Gasteiger partial charge on any atom is 0.427 e. The van der Waals surface area contributed by atoms with E-state index in [9.17, 15) is 4.79 Å². The first kappa shape index (κ1) is 22.4. The van der Waals surface area contributed by atoms with Crippen LogP contribution in [0.25, 0.3) is 0 Å². The van der Waals surface area contributed by atoms with Crippen molar-refractivity contribution in [2.45, 2.75) is 20.3 Å². The Balaban J connectivity index is 1.80. The van der Waals surface area contributed by atoms with Gasteiger partial charge in [-0.15, -0.1) is 0 Å². The zero-order valence-electron chi connectivity index (χ0n) is 16.7. The highest BCUT2D eigenvalue weighted by Crippen LogP contribution is 2.27. The summed E-state index contributed by atoms with van der Waals surface area (Å²) in [5.41, 5.74) is 3.99. The minimum absolute atomic E-state index is 0.283. The van der Waals surface area contributed by atoms with Crippen molar-refractivity contribution in [2.75, 3.05) is 26.9 Å². The predicted molar refractivity (Wildman–Crippen MR) is 113 cm³/mol. The first-order chi connectivity index (χ1) is 14.0. The number of hydrazone groups is 1. The van der Waals surface area contributed by atoms with Gasteiger partial charge in [0.05, 0.1) is 33.1 Å². The zero-order chi connectivity index (χ0) is 21.1. The third kappa shape index (κ3) is 7.54. The Morgan fingerprint density at radius 3 is 2.66 bits per heavy atom. The number of aryl methyl sites for hydroxylation is 1. The molecule has 1 amide bonds. The summed E-state index contributed by atoms with van der Waals surface area (Å²) in [7, 11) is 1.56. The average molecular weight is 421 g/mol. The summed E-state index contributed by atoms with van der Waals surface area (Å²) in [6.45, 7) is 4.93. The molecule has 7 nitrogen and oxygen atoms in total. The van der Waals surface area contributed by atoms with Gasteiger partial charge in [0.1, 0.15) is 5.75 Å². The summed E-state index contributed by atoms with van der Waals surface area (Å²) >= 11 is 6.01. The van der Waals surface area contributed by atoms with E-state index in [0.29, 0.717) is 31.1 Å². The summed E-state index contributed by atoms with van der Waals surface area (Å²) in [4.78, 5) is 11.2. The predicted octanol–water partition coefficient (Wildman–Crippen LogP) is 4.58. The second-order valence-corrected chi connectivity index (χ2v) is 6.37. The van der Waals surface area contributed by atoms with E-state index in [4.69, 9.17) is 30.5 Å². The number of hydrogen-bond donors (Lipinski definition) is 1. The SMILES string of the molecule is CCOC(=O)N/N=C/c1ccc(OCCCOc2ccc(Cl)c(C)c2)c(OC)c1. The minimum atomic E-state index is -0.605. The van der Waals surface area contributed by atoms with Crippen molar-refractivity contribution in [3.63, 3.8) is 0 Å². The molecule has 2 aromatic carbocycles. The fraction of sp³-hybridized carbons (Fsp3) is 0.333. The number of nitrogens with one attached hydrogen (secondary N) is 1. The molecule has 0 saturated carbocycles. The van der Waals surface area contributed by atoms with E-state index < -0.39 is 6.09 Å². The monoisotopic (exact) mass is 420 g/mol. The molecule has 0 heterocycles. The summed E-state index contributed by atoms with van der Waals surface area (Å²) in [6, 6.07) is 10.9. The number of nitrogens with zero attached hydrogens (tertiary/aromatic N) is 1. The molecule has 0 unspecified atom stereocenters. The van der Waals surface area contributed by atoms with Crippen LogP contribution in [-0.2, 0) is 4.74 Å². The molecular formula is C21H25ClN2O5. The van der Waals surface area contributed by atoms with Crippen LogP contribution in [0.5, 0.6) is 17.2 Å². The second kappa shape index (κ2) is 11.8. The Morgan fingerprint density at radius 1 is 1.14 bits per heavy atom. The van der Waals surface area contributed by atoms with Crippen molar-refractivity contribution in [1.29, 1.82) is 0 Å². The molecule has 0 aliphatic heterocycles. The van der Waals surface area contributed by atoms with E-state index in [1.807, 2.05) is 25.1 Å². The molecular weight excluding hydrogens is 396 g/mol. The zero-order valence-corrected chi connectivity index (χ0v) is 17.5. The van der Waals surface area contributed by atoms with Gasteiger partial charge in [-0.2, -0.15) is 5.10 Å². The molecule has 8 heteroatoms. The maximum absolute atomic E-state index is 11.2. The van der Waals surface area contributed by atoms with Gasteiger partial charge < -0.3 is 18.9 Å². The number of methoxy groups -OCH3 is 1. The molecule has 0 aliphatic rings. The first-order valence-electron chi connectivity index (χ1n) is 9.19. The largest absolute Gasteiger partial charge is 0.493 e. The number of rotatable bonds is 10. The molecule has 0 atom stereocenters. The van der Waals surface area contributed by atoms with E-state index >= 15 is 0 Å². The summed E-state index contributed by atoms with van der Waals surface area (Å²) in [6.07, 6.45) is 1.59. The molecule has 2 rings (SSSR count). The van der Waals surface area contributed by atoms with E-state index in [2.05, 4.69) is 10.5 Å². The van der Waals surface area contributed by atoms with Crippen molar-refractivity contribution in [3.8, 4) is 17.2 Å². The third-order valence-electron chi connectivity index (χ3n) is 3.78. The molecule has 0 aromatic heterocycles. The number of carbonyl (C=O) groups excluding carboxylic acids is 1. The van der Waals surface area contributed by atoms with Gasteiger partial charge in [-0.25, -0.2) is 10.2 Å². The molecule has 1 N–H and O–H groups in total. The molecule has 0 bridgehead atoms. The summed E-state index contributed by atoms with van der Waals surface area (Å²) in [5, 5.41) is 4.54. The average Bonchev–Trinajstić information content (AvgIpc) is 2.71. The molecule has 156 valence electrons. The third-order valence-corrected chi connectivity index (χ3v) is 4.20. The van der Waals surface area contributed by atoms with Gasteiger partial charge in [0, 0.05) is 11.4 Å². The fourth-order valence-electron chi connectivity index (χ4n) is 2.34. The number of halogens is 1. The summed E-state index contributed by atoms with van der Waals surface area (Å²) < 4.78 is 21.6. The second-order valence-electron chi connectivity index (χ2n) is 5.96. The highest BCUT2D eigenvalue weighted by molar-refractivity contribution is 6.31. The van der Waals surface area contributed by atoms with E-state index in [1.54, 1.807) is 32.2 Å². The molecule has 0 fully saturated rings. The number of hydrogen-bond acceptors (Lipinski definition) is 6. The van der Waals surface area contributed by atoms with Gasteiger partial charge in [0.25, 0.3) is 0 Å². The number of ether oxygens (including phenoxy) is 4. The number of amides is 1. The molecule has 29 heavy (non-hydrogen) atoms. The Labute approximate surface area is 175 Å². The Hall–Kier alpha value is -2.93. The van der Waals surface area contributed by atoms with Crippen LogP contribution in [0.1, 0.15) is 24.5 Å². The van der Waals surface area contributed by atoms with Gasteiger partial charge in [0.15, 0.2) is 11.5 Å². The van der Waals surface area contributed by atoms with Gasteiger partial charge >= 0.3 is 6.09 Å². The lowest BCUT2D eigenvalue weighted by Crippen LogP contribution is -2.18. The Morgan fingerprint density at radius 2 is 1.93 bits per heavy atom. The van der Waals surface area contributed by atoms with Crippen molar-refractivity contribution in [2.24, 2.45) is 5.10 Å². The van der Waals surface area contributed by atoms with Crippen LogP contribution in [0, 0.1) is 6.92 Å². The number of benzene rings is 2. The topological polar surface area (TPSA) is 78.4 Å². The van der Waals surface area contributed by atoms with Gasteiger partial charge in [0.2, 0.25) is 0 Å². The smallest absolute Gasteiger partial charge is 0.427 e. The van der Waals surface area contributed by atoms with Gasteiger partial charge in [-0.3, -0.25) is 0 Å². The Bertz CT molecular complexity index is 842. The van der Waals surface area contributed by atoms with Crippen LogP contribution >= 0.6 is 11.6 Å². The standard InChI is InChI=1S/C21H25ClN2O5/c1-4-27-21(25)24-23-14-16-6-9-19(20(13-16)26-3)29-11-5-10-28-17-7-8-18(22)15(2)12-17/h6-9,12-14H,4-5,10-11H2,1-3H3,(H,24,25)/b23-14+. The number of carbonyl (C=O) groups is 1. The lowest BCUT2D eigenvalue weighted by atomic mass is 10.2. The van der Waals surface area contributed by atoms with Crippen LogP contribution in [0.3, 0.4) is 0 Å². The first-order valence-corrected chi connectivity index (χ1v) is 9.57. The normalized spacial score (nSPS) is 10.6. The van der Waals surface area contributed by atoms with E-state index in [0.717, 1.165) is 21.9 Å². The van der Waals surface area contributed by atoms with Gasteiger partial charge in [-0.1, -0.05) is 11.6 Å². The molecule has 0 radical (unpaired) electrons. The quantitative estimate of drug-likeness (QED) is 0.345. The fourth-order valence-corrected chi connectivity index (χ4v) is 2.46. The van der Waals surface area contributed by atoms with Crippen LogP contribution in [-0.4, -0.2) is 39.2 Å². The van der Waals surface area contributed by atoms with Crippen molar-refractivity contribution < 1.29 is 23.7 Å². The lowest BCUT2D eigenvalue weighted by molar-refractivity contribution is 0.152. The highest BCUT2D eigenvalue weighted by atomic mass is 35.5. The minimum Gasteiger partial charge on any atom is -0.493 e. The van der Waals surface area contributed by atoms with Crippen LogP contribution in [0.4, 0.5) is 4.79 Å². The maximum atomic E-state index is 11.2. The molecule has 0 spiro atoms. The van der Waals surface area contributed by atoms with Crippen molar-refractivity contribution >= 4 is 23.9 Å². The van der Waals surface area contributed by atoms with Gasteiger partial charge in [-0.05, 0) is 61.4 Å². The van der Waals surface area contributed by atoms with Crippen LogP contribution < -0.4 is 19.6 Å². The highest BCUT2D eigenvalue weighted by Gasteiger charge is 2.06. The van der Waals surface area contributed by atoms with Crippen LogP contribution in [0.15, 0.2) is 41.5 Å². The molecule has 2 aromatic rings. The molecule has 0 aliphatic carbocycles. The van der Waals surface area contributed by atoms with Crippen molar-refractivity contribution in [3.05, 3.63) is 52.5 Å². The van der Waals surface area contributed by atoms with Crippen molar-refractivity contribution in [1.82, 2.24) is 5.43 Å². The van der Waals surface area contributed by atoms with Crippen LogP contribution in [0.2, 0.25) is 5.02 Å². The molecule has 0 saturated heterocycles. The lowest BCUT2D eigenvalue weighted by Gasteiger charge is -2.12.